The van der Waals surface area contributed by atoms with E-state index >= 15 is 0 Å². The van der Waals surface area contributed by atoms with E-state index in [2.05, 4.69) is 10.3 Å². The van der Waals surface area contributed by atoms with E-state index in [-0.39, 0.29) is 24.5 Å². The van der Waals surface area contributed by atoms with Gasteiger partial charge in [-0.25, -0.2) is 4.98 Å². The molecule has 1 rings (SSSR count). The van der Waals surface area contributed by atoms with E-state index in [1.54, 1.807) is 17.1 Å². The summed E-state index contributed by atoms with van der Waals surface area (Å²) in [6, 6.07) is 0.0409. The van der Waals surface area contributed by atoms with Gasteiger partial charge in [-0.2, -0.15) is 0 Å². The fraction of sp³-hybridized carbons (Fsp3) is 0.600. The fourth-order valence-electron chi connectivity index (χ4n) is 1.36. The van der Waals surface area contributed by atoms with Crippen LogP contribution in [0.1, 0.15) is 32.5 Å². The van der Waals surface area contributed by atoms with Crippen LogP contribution in [0.25, 0.3) is 0 Å². The van der Waals surface area contributed by atoms with Gasteiger partial charge in [-0.05, 0) is 20.8 Å². The van der Waals surface area contributed by atoms with Crippen molar-refractivity contribution in [2.24, 2.45) is 5.73 Å². The Morgan fingerprint density at radius 2 is 2.27 bits per heavy atom. The van der Waals surface area contributed by atoms with Gasteiger partial charge in [-0.1, -0.05) is 0 Å². The second-order valence-electron chi connectivity index (χ2n) is 3.96. The van der Waals surface area contributed by atoms with Crippen LogP contribution in [0.3, 0.4) is 0 Å². The van der Waals surface area contributed by atoms with Crippen LogP contribution < -0.4 is 11.1 Å². The lowest BCUT2D eigenvalue weighted by Crippen LogP contribution is -2.33. The van der Waals surface area contributed by atoms with Crippen LogP contribution in [0, 0.1) is 0 Å². The van der Waals surface area contributed by atoms with Crippen LogP contribution in [0.15, 0.2) is 12.5 Å². The molecule has 1 atom stereocenters. The van der Waals surface area contributed by atoms with E-state index in [0.717, 1.165) is 5.69 Å². The number of carbonyl (C=O) groups is 1. The summed E-state index contributed by atoms with van der Waals surface area (Å²) in [4.78, 5) is 15.5. The van der Waals surface area contributed by atoms with Gasteiger partial charge >= 0.3 is 0 Å². The Bertz CT molecular complexity index is 330. The summed E-state index contributed by atoms with van der Waals surface area (Å²) in [5.41, 5.74) is 6.61. The second-order valence-corrected chi connectivity index (χ2v) is 3.96. The molecule has 0 fully saturated rings. The quantitative estimate of drug-likeness (QED) is 0.756. The van der Waals surface area contributed by atoms with Crippen molar-refractivity contribution in [3.8, 4) is 0 Å². The number of nitrogens with two attached hydrogens (primary N) is 1. The largest absolute Gasteiger partial charge is 0.352 e. The van der Waals surface area contributed by atoms with Crippen molar-refractivity contribution in [1.82, 2.24) is 14.9 Å². The molecule has 0 saturated heterocycles. The van der Waals surface area contributed by atoms with Crippen molar-refractivity contribution in [3.63, 3.8) is 0 Å². The maximum atomic E-state index is 11.5. The Labute approximate surface area is 89.7 Å². The second kappa shape index (κ2) is 4.93. The monoisotopic (exact) mass is 210 g/mol. The Kier molecular flexibility index (Phi) is 3.85. The molecule has 0 saturated carbocycles. The van der Waals surface area contributed by atoms with E-state index in [0.29, 0.717) is 0 Å². The Balaban J connectivity index is 2.64. The van der Waals surface area contributed by atoms with Crippen LogP contribution in [-0.4, -0.2) is 21.5 Å². The highest BCUT2D eigenvalue weighted by Crippen LogP contribution is 2.07. The van der Waals surface area contributed by atoms with Crippen molar-refractivity contribution in [3.05, 3.63) is 18.2 Å². The van der Waals surface area contributed by atoms with E-state index in [4.69, 9.17) is 5.73 Å². The molecule has 1 heterocycles. The summed E-state index contributed by atoms with van der Waals surface area (Å²) in [5.74, 6) is -0.0232. The van der Waals surface area contributed by atoms with E-state index in [9.17, 15) is 4.79 Å². The molecule has 0 spiro atoms. The molecule has 1 amide bonds. The van der Waals surface area contributed by atoms with Crippen molar-refractivity contribution < 1.29 is 4.79 Å². The van der Waals surface area contributed by atoms with Gasteiger partial charge in [0, 0.05) is 18.3 Å². The summed E-state index contributed by atoms with van der Waals surface area (Å²) in [7, 11) is 0. The topological polar surface area (TPSA) is 72.9 Å². The molecule has 15 heavy (non-hydrogen) atoms. The van der Waals surface area contributed by atoms with Crippen molar-refractivity contribution in [1.29, 1.82) is 0 Å². The molecule has 3 N–H and O–H groups in total. The third kappa shape index (κ3) is 3.36. The molecule has 0 aliphatic carbocycles. The third-order valence-electron chi connectivity index (χ3n) is 1.97. The van der Waals surface area contributed by atoms with Crippen LogP contribution in [0.4, 0.5) is 0 Å². The van der Waals surface area contributed by atoms with Gasteiger partial charge in [0.05, 0.1) is 12.0 Å². The van der Waals surface area contributed by atoms with Gasteiger partial charge in [0.25, 0.3) is 0 Å². The molecule has 0 aromatic carbocycles. The van der Waals surface area contributed by atoms with Crippen LogP contribution in [0.2, 0.25) is 0 Å². The fourth-order valence-corrected chi connectivity index (χ4v) is 1.36. The van der Waals surface area contributed by atoms with Crippen molar-refractivity contribution in [2.45, 2.75) is 39.4 Å². The van der Waals surface area contributed by atoms with Gasteiger partial charge < -0.3 is 15.6 Å². The zero-order valence-corrected chi connectivity index (χ0v) is 9.40. The summed E-state index contributed by atoms with van der Waals surface area (Å²) in [6.45, 7) is 6.00. The van der Waals surface area contributed by atoms with Gasteiger partial charge in [0.15, 0.2) is 0 Å². The van der Waals surface area contributed by atoms with Crippen LogP contribution >= 0.6 is 0 Å². The van der Waals surface area contributed by atoms with E-state index in [1.807, 2.05) is 20.8 Å². The Morgan fingerprint density at radius 3 is 2.80 bits per heavy atom. The number of nitrogens with zero attached hydrogens (tertiary/aromatic N) is 2. The number of aromatic nitrogens is 2. The molecule has 5 heteroatoms. The maximum Gasteiger partial charge on any atom is 0.240 e. The molecule has 84 valence electrons. The van der Waals surface area contributed by atoms with Crippen molar-refractivity contribution >= 4 is 5.91 Å². The third-order valence-corrected chi connectivity index (χ3v) is 1.97. The number of hydrogen-bond donors (Lipinski definition) is 2. The molecular formula is C10H18N4O. The molecule has 0 radical (unpaired) electrons. The maximum absolute atomic E-state index is 11.5. The standard InChI is InChI=1S/C10H18N4O/c1-7(2)13-10(15)5-14-6-12-4-9(14)8(3)11/h4,6-8H,5,11H2,1-3H3,(H,13,15)/t8-/m0/s1. The van der Waals surface area contributed by atoms with Gasteiger partial charge in [0.2, 0.25) is 5.91 Å². The number of amides is 1. The lowest BCUT2D eigenvalue weighted by Gasteiger charge is -2.12. The molecule has 1 aromatic heterocycles. The minimum absolute atomic E-state index is 0.0232. The normalized spacial score (nSPS) is 12.9. The number of nitrogens with one attached hydrogen (secondary N) is 1. The number of rotatable bonds is 4. The molecule has 0 bridgehead atoms. The molecule has 1 aromatic rings. The Hall–Kier alpha value is -1.36. The minimum atomic E-state index is -0.112. The predicted octanol–water partition coefficient (Wildman–Crippen LogP) is 0.427. The number of imidazole rings is 1. The zero-order valence-electron chi connectivity index (χ0n) is 9.40. The lowest BCUT2D eigenvalue weighted by atomic mass is 10.2. The summed E-state index contributed by atoms with van der Waals surface area (Å²) >= 11 is 0. The number of hydrogen-bond acceptors (Lipinski definition) is 3. The number of carbonyl (C=O) groups excluding carboxylic acids is 1. The molecule has 0 aliphatic heterocycles. The average molecular weight is 210 g/mol. The predicted molar refractivity (Wildman–Crippen MR) is 58.1 cm³/mol. The minimum Gasteiger partial charge on any atom is -0.352 e. The SMILES string of the molecule is CC(C)NC(=O)Cn1cncc1[C@H](C)N. The highest BCUT2D eigenvalue weighted by atomic mass is 16.2. The van der Waals surface area contributed by atoms with E-state index < -0.39 is 0 Å². The molecular weight excluding hydrogens is 192 g/mol. The zero-order chi connectivity index (χ0) is 11.4. The highest BCUT2D eigenvalue weighted by Gasteiger charge is 2.10. The van der Waals surface area contributed by atoms with Crippen LogP contribution in [-0.2, 0) is 11.3 Å². The summed E-state index contributed by atoms with van der Waals surface area (Å²) in [6.07, 6.45) is 3.31. The van der Waals surface area contributed by atoms with Gasteiger partial charge in [0.1, 0.15) is 6.54 Å². The Morgan fingerprint density at radius 1 is 1.60 bits per heavy atom. The first-order valence-corrected chi connectivity index (χ1v) is 5.05. The molecule has 0 unspecified atom stereocenters. The lowest BCUT2D eigenvalue weighted by molar-refractivity contribution is -0.122. The first-order chi connectivity index (χ1) is 7.00. The van der Waals surface area contributed by atoms with E-state index in [1.165, 1.54) is 0 Å². The molecule has 5 nitrogen and oxygen atoms in total. The first-order valence-electron chi connectivity index (χ1n) is 5.05. The smallest absolute Gasteiger partial charge is 0.240 e. The first kappa shape index (κ1) is 11.7. The average Bonchev–Trinajstić information content (AvgIpc) is 2.50. The van der Waals surface area contributed by atoms with Gasteiger partial charge in [-0.3, -0.25) is 4.79 Å². The summed E-state index contributed by atoms with van der Waals surface area (Å²) in [5, 5.41) is 2.82. The summed E-state index contributed by atoms with van der Waals surface area (Å²) < 4.78 is 1.77. The van der Waals surface area contributed by atoms with Gasteiger partial charge in [-0.15, -0.1) is 0 Å². The molecule has 0 aliphatic rings. The van der Waals surface area contributed by atoms with Crippen molar-refractivity contribution in [2.75, 3.05) is 0 Å². The highest BCUT2D eigenvalue weighted by molar-refractivity contribution is 5.76. The van der Waals surface area contributed by atoms with Crippen LogP contribution in [0.5, 0.6) is 0 Å².